The largest absolute Gasteiger partial charge is 0.493 e. The predicted molar refractivity (Wildman–Crippen MR) is 135 cm³/mol. The molecule has 2 aliphatic rings. The third-order valence-corrected chi connectivity index (χ3v) is 7.31. The van der Waals surface area contributed by atoms with Crippen molar-refractivity contribution in [3.05, 3.63) is 47.7 Å². The van der Waals surface area contributed by atoms with Crippen molar-refractivity contribution in [1.29, 1.82) is 0 Å². The molecular formula is C26H36ClN5O3. The fourth-order valence-electron chi connectivity index (χ4n) is 5.00. The highest BCUT2D eigenvalue weighted by Crippen LogP contribution is 2.36. The molecule has 3 heterocycles. The van der Waals surface area contributed by atoms with Gasteiger partial charge in [-0.15, -0.1) is 0 Å². The summed E-state index contributed by atoms with van der Waals surface area (Å²) < 4.78 is 8.03. The first-order chi connectivity index (χ1) is 16.9. The van der Waals surface area contributed by atoms with Crippen LogP contribution < -0.4 is 4.74 Å². The molecule has 9 heteroatoms. The molecule has 2 aromatic rings. The first-order valence-electron chi connectivity index (χ1n) is 12.5. The van der Waals surface area contributed by atoms with E-state index in [1.54, 1.807) is 12.3 Å². The molecule has 1 atom stereocenters. The summed E-state index contributed by atoms with van der Waals surface area (Å²) >= 11 is 6.15. The number of likely N-dealkylation sites (N-methyl/N-ethyl adjacent to an activating group) is 1. The van der Waals surface area contributed by atoms with Gasteiger partial charge in [-0.05, 0) is 50.6 Å². The minimum absolute atomic E-state index is 0.135. The second-order valence-corrected chi connectivity index (χ2v) is 10.3. The van der Waals surface area contributed by atoms with E-state index < -0.39 is 5.41 Å². The Morgan fingerprint density at radius 2 is 1.91 bits per heavy atom. The van der Waals surface area contributed by atoms with Crippen LogP contribution in [0.5, 0.6) is 5.75 Å². The lowest BCUT2D eigenvalue weighted by Gasteiger charge is -2.43. The number of ether oxygens (including phenoxy) is 1. The van der Waals surface area contributed by atoms with Gasteiger partial charge in [0.2, 0.25) is 11.8 Å². The molecule has 0 unspecified atom stereocenters. The Morgan fingerprint density at radius 1 is 1.09 bits per heavy atom. The lowest BCUT2D eigenvalue weighted by molar-refractivity contribution is -0.142. The number of piperidine rings is 1. The first-order valence-corrected chi connectivity index (χ1v) is 12.9. The molecule has 2 amide bonds. The molecule has 0 saturated carbocycles. The van der Waals surface area contributed by atoms with Crippen LogP contribution in [0.15, 0.2) is 42.7 Å². The summed E-state index contributed by atoms with van der Waals surface area (Å²) in [7, 11) is 2.08. The summed E-state index contributed by atoms with van der Waals surface area (Å²) in [5.74, 6) is 0.975. The summed E-state index contributed by atoms with van der Waals surface area (Å²) in [5.41, 5.74) is -0.418. The molecule has 1 aromatic carbocycles. The molecule has 0 aliphatic carbocycles. The highest BCUT2D eigenvalue weighted by molar-refractivity contribution is 6.30. The molecule has 2 aliphatic heterocycles. The van der Waals surface area contributed by atoms with Crippen molar-refractivity contribution < 1.29 is 14.3 Å². The quantitative estimate of drug-likeness (QED) is 0.528. The van der Waals surface area contributed by atoms with Crippen molar-refractivity contribution in [1.82, 2.24) is 24.5 Å². The van der Waals surface area contributed by atoms with Crippen molar-refractivity contribution in [3.63, 3.8) is 0 Å². The van der Waals surface area contributed by atoms with Gasteiger partial charge in [0, 0.05) is 81.5 Å². The van der Waals surface area contributed by atoms with Gasteiger partial charge in [0.25, 0.3) is 0 Å². The van der Waals surface area contributed by atoms with Gasteiger partial charge in [0.1, 0.15) is 5.75 Å². The Balaban J connectivity index is 1.41. The molecular weight excluding hydrogens is 466 g/mol. The van der Waals surface area contributed by atoms with Gasteiger partial charge in [0.15, 0.2) is 0 Å². The van der Waals surface area contributed by atoms with Gasteiger partial charge < -0.3 is 19.4 Å². The molecule has 2 fully saturated rings. The number of halogens is 1. The molecule has 0 bridgehead atoms. The van der Waals surface area contributed by atoms with Crippen LogP contribution in [-0.2, 0) is 16.1 Å². The van der Waals surface area contributed by atoms with E-state index >= 15 is 0 Å². The fourth-order valence-corrected chi connectivity index (χ4v) is 5.18. The maximum Gasteiger partial charge on any atom is 0.223 e. The van der Waals surface area contributed by atoms with Crippen LogP contribution in [-0.4, -0.2) is 89.2 Å². The molecule has 35 heavy (non-hydrogen) atoms. The van der Waals surface area contributed by atoms with Gasteiger partial charge in [-0.2, -0.15) is 5.10 Å². The zero-order valence-corrected chi connectivity index (χ0v) is 21.3. The van der Waals surface area contributed by atoms with Gasteiger partial charge >= 0.3 is 0 Å². The molecule has 4 rings (SSSR count). The van der Waals surface area contributed by atoms with E-state index in [9.17, 15) is 9.59 Å². The van der Waals surface area contributed by atoms with E-state index in [0.29, 0.717) is 36.8 Å². The number of benzene rings is 1. The van der Waals surface area contributed by atoms with E-state index in [0.717, 1.165) is 58.5 Å². The van der Waals surface area contributed by atoms with Crippen molar-refractivity contribution in [2.75, 3.05) is 52.9 Å². The molecule has 190 valence electrons. The number of hydrogen-bond donors (Lipinski definition) is 0. The second-order valence-electron chi connectivity index (χ2n) is 9.90. The number of aryl methyl sites for hydroxylation is 1. The number of carbonyl (C=O) groups excluding carboxylic acids is 2. The summed E-state index contributed by atoms with van der Waals surface area (Å²) in [4.78, 5) is 32.6. The Bertz CT molecular complexity index is 977. The van der Waals surface area contributed by atoms with Crippen molar-refractivity contribution in [2.45, 2.75) is 38.6 Å². The number of nitrogens with zero attached hydrogens (tertiary/aromatic N) is 5. The zero-order valence-electron chi connectivity index (χ0n) is 20.6. The van der Waals surface area contributed by atoms with E-state index in [2.05, 4.69) is 17.0 Å². The maximum atomic E-state index is 13.3. The summed E-state index contributed by atoms with van der Waals surface area (Å²) in [5, 5.41) is 4.82. The molecule has 1 aromatic heterocycles. The third kappa shape index (κ3) is 7.21. The fraction of sp³-hybridized carbons (Fsp3) is 0.577. The van der Waals surface area contributed by atoms with Gasteiger partial charge in [-0.3, -0.25) is 14.3 Å². The lowest BCUT2D eigenvalue weighted by Crippen LogP contribution is -2.53. The SMILES string of the molecule is CN1CCN(C(=O)C[C@@]2(COc3cccc(Cl)c3)CCCN(C(=O)CCCn3cccn3)C2)CC1. The predicted octanol–water partition coefficient (Wildman–Crippen LogP) is 3.17. The van der Waals surface area contributed by atoms with Crippen molar-refractivity contribution in [2.24, 2.45) is 5.41 Å². The van der Waals surface area contributed by atoms with Crippen LogP contribution in [0.2, 0.25) is 5.02 Å². The normalized spacial score (nSPS) is 21.2. The Kier molecular flexibility index (Phi) is 8.68. The minimum atomic E-state index is -0.418. The summed E-state index contributed by atoms with van der Waals surface area (Å²) in [6.07, 6.45) is 6.96. The monoisotopic (exact) mass is 501 g/mol. The van der Waals surface area contributed by atoms with E-state index in [1.165, 1.54) is 0 Å². The average molecular weight is 502 g/mol. The maximum absolute atomic E-state index is 13.3. The topological polar surface area (TPSA) is 70.9 Å². The van der Waals surface area contributed by atoms with Crippen molar-refractivity contribution >= 4 is 23.4 Å². The average Bonchev–Trinajstić information content (AvgIpc) is 3.37. The Morgan fingerprint density at radius 3 is 2.66 bits per heavy atom. The van der Waals surface area contributed by atoms with Crippen LogP contribution in [0.25, 0.3) is 0 Å². The van der Waals surface area contributed by atoms with E-state index in [1.807, 2.05) is 44.9 Å². The second kappa shape index (κ2) is 11.9. The number of rotatable bonds is 9. The van der Waals surface area contributed by atoms with Crippen LogP contribution in [0.1, 0.15) is 32.1 Å². The van der Waals surface area contributed by atoms with Crippen molar-refractivity contribution in [3.8, 4) is 5.75 Å². The highest BCUT2D eigenvalue weighted by Gasteiger charge is 2.41. The summed E-state index contributed by atoms with van der Waals surface area (Å²) in [6, 6.07) is 9.22. The number of piperazine rings is 1. The van der Waals surface area contributed by atoms with Gasteiger partial charge in [-0.1, -0.05) is 17.7 Å². The Labute approximate surface area is 212 Å². The molecule has 0 N–H and O–H groups in total. The lowest BCUT2D eigenvalue weighted by atomic mass is 9.77. The number of hydrogen-bond acceptors (Lipinski definition) is 5. The molecule has 8 nitrogen and oxygen atoms in total. The zero-order chi connectivity index (χ0) is 24.7. The number of carbonyl (C=O) groups is 2. The van der Waals surface area contributed by atoms with Crippen LogP contribution in [0.3, 0.4) is 0 Å². The van der Waals surface area contributed by atoms with Gasteiger partial charge in [0.05, 0.1) is 6.61 Å². The van der Waals surface area contributed by atoms with E-state index in [4.69, 9.17) is 16.3 Å². The number of aromatic nitrogens is 2. The standard InChI is InChI=1S/C26H36ClN5O3/c1-29-14-16-30(17-15-29)25(34)19-26(21-35-23-7-2-6-22(27)18-23)9-4-11-31(20-26)24(33)8-3-12-32-13-5-10-28-32/h2,5-7,10,13,18H,3-4,8-9,11-12,14-17,19-21H2,1H3/t26-/m0/s1. The molecule has 0 spiro atoms. The highest BCUT2D eigenvalue weighted by atomic mass is 35.5. The molecule has 2 saturated heterocycles. The van der Waals surface area contributed by atoms with Crippen LogP contribution in [0, 0.1) is 5.41 Å². The molecule has 0 radical (unpaired) electrons. The Hall–Kier alpha value is -2.58. The van der Waals surface area contributed by atoms with Gasteiger partial charge in [-0.25, -0.2) is 0 Å². The number of likely N-dealkylation sites (tertiary alicyclic amines) is 1. The van der Waals surface area contributed by atoms with E-state index in [-0.39, 0.29) is 11.8 Å². The number of amides is 2. The minimum Gasteiger partial charge on any atom is -0.493 e. The van der Waals surface area contributed by atoms with Crippen LogP contribution in [0.4, 0.5) is 0 Å². The third-order valence-electron chi connectivity index (χ3n) is 7.07. The first kappa shape index (κ1) is 25.5. The smallest absolute Gasteiger partial charge is 0.223 e. The van der Waals surface area contributed by atoms with Crippen LogP contribution >= 0.6 is 11.6 Å². The summed E-state index contributed by atoms with van der Waals surface area (Å²) in [6.45, 7) is 5.63.